The molecule has 0 aliphatic heterocycles. The van der Waals surface area contributed by atoms with Gasteiger partial charge in [-0.1, -0.05) is 6.07 Å². The van der Waals surface area contributed by atoms with Crippen LogP contribution in [0.1, 0.15) is 35.9 Å². The molecule has 0 bridgehead atoms. The third-order valence-electron chi connectivity index (χ3n) is 5.34. The molecule has 0 aromatic carbocycles. The largest absolute Gasteiger partial charge is 0.343 e. The number of rotatable bonds is 6. The van der Waals surface area contributed by atoms with Crippen LogP contribution in [0.2, 0.25) is 0 Å². The van der Waals surface area contributed by atoms with Gasteiger partial charge in [0.1, 0.15) is 23.5 Å². The molecule has 9 nitrogen and oxygen atoms in total. The van der Waals surface area contributed by atoms with E-state index >= 15 is 0 Å². The smallest absolute Gasteiger partial charge is 0.275 e. The summed E-state index contributed by atoms with van der Waals surface area (Å²) >= 11 is 0. The number of carbonyl (C=O) groups is 1. The minimum atomic E-state index is -0.330. The Morgan fingerprint density at radius 2 is 1.97 bits per heavy atom. The zero-order chi connectivity index (χ0) is 22.8. The molecule has 5 rings (SSSR count). The summed E-state index contributed by atoms with van der Waals surface area (Å²) in [5.74, 6) is 0.739. The number of carbonyl (C=O) groups excluding carboxylic acids is 1. The summed E-state index contributed by atoms with van der Waals surface area (Å²) in [4.78, 5) is 25.9. The predicted octanol–water partition coefficient (Wildman–Crippen LogP) is 3.97. The highest BCUT2D eigenvalue weighted by molar-refractivity contribution is 6.04. The molecule has 0 aliphatic carbocycles. The molecular weight excluding hydrogens is 416 g/mol. The number of fused-ring (bicyclic) bond motifs is 1. The Balaban J connectivity index is 1.39. The van der Waals surface area contributed by atoms with Gasteiger partial charge in [-0.15, -0.1) is 10.2 Å². The third-order valence-corrected chi connectivity index (χ3v) is 5.34. The summed E-state index contributed by atoms with van der Waals surface area (Å²) in [5, 5.41) is 12.0. The number of hydrogen-bond acceptors (Lipinski definition) is 6. The normalized spacial score (nSPS) is 11.2. The van der Waals surface area contributed by atoms with Crippen molar-refractivity contribution < 1.29 is 4.79 Å². The highest BCUT2D eigenvalue weighted by Crippen LogP contribution is 2.21. The Labute approximate surface area is 190 Å². The van der Waals surface area contributed by atoms with Gasteiger partial charge in [-0.25, -0.2) is 4.98 Å². The van der Waals surface area contributed by atoms with Crippen LogP contribution in [0.3, 0.4) is 0 Å². The van der Waals surface area contributed by atoms with Crippen molar-refractivity contribution in [2.75, 3.05) is 5.32 Å². The maximum Gasteiger partial charge on any atom is 0.275 e. The van der Waals surface area contributed by atoms with Crippen LogP contribution in [0.5, 0.6) is 0 Å². The molecule has 9 heteroatoms. The van der Waals surface area contributed by atoms with Crippen molar-refractivity contribution in [1.82, 2.24) is 34.3 Å². The topological polar surface area (TPSA) is 103 Å². The van der Waals surface area contributed by atoms with Crippen molar-refractivity contribution in [3.05, 3.63) is 84.8 Å². The molecule has 0 aliphatic rings. The van der Waals surface area contributed by atoms with E-state index in [4.69, 9.17) is 0 Å². The van der Waals surface area contributed by atoms with Crippen molar-refractivity contribution in [1.29, 1.82) is 0 Å². The lowest BCUT2D eigenvalue weighted by molar-refractivity contribution is 0.102. The Bertz CT molecular complexity index is 1420. The second-order valence-corrected chi connectivity index (χ2v) is 7.95. The van der Waals surface area contributed by atoms with Crippen LogP contribution in [0.25, 0.3) is 22.4 Å². The molecule has 0 saturated carbocycles. The number of aromatic nitrogens is 7. The molecule has 5 aromatic rings. The van der Waals surface area contributed by atoms with Crippen LogP contribution in [0, 0.1) is 0 Å². The van der Waals surface area contributed by atoms with E-state index in [0.29, 0.717) is 29.6 Å². The molecule has 33 heavy (non-hydrogen) atoms. The van der Waals surface area contributed by atoms with Gasteiger partial charge in [0.25, 0.3) is 5.91 Å². The number of amides is 1. The zero-order valence-electron chi connectivity index (χ0n) is 18.3. The summed E-state index contributed by atoms with van der Waals surface area (Å²) in [7, 11) is 0. The first-order valence-corrected chi connectivity index (χ1v) is 10.6. The molecule has 0 saturated heterocycles. The highest BCUT2D eigenvalue weighted by Gasteiger charge is 2.14. The second kappa shape index (κ2) is 8.62. The number of nitrogens with zero attached hydrogens (tertiary/aromatic N) is 7. The summed E-state index contributed by atoms with van der Waals surface area (Å²) in [6.45, 7) is 4.77. The highest BCUT2D eigenvalue weighted by atomic mass is 16.1. The fourth-order valence-electron chi connectivity index (χ4n) is 3.64. The first-order valence-electron chi connectivity index (χ1n) is 10.6. The van der Waals surface area contributed by atoms with E-state index in [2.05, 4.69) is 35.0 Å². The first-order chi connectivity index (χ1) is 16.1. The van der Waals surface area contributed by atoms with Crippen molar-refractivity contribution in [2.24, 2.45) is 0 Å². The number of pyridine rings is 3. The van der Waals surface area contributed by atoms with Crippen molar-refractivity contribution in [3.63, 3.8) is 0 Å². The maximum absolute atomic E-state index is 13.0. The van der Waals surface area contributed by atoms with E-state index in [1.807, 2.05) is 54.9 Å². The maximum atomic E-state index is 13.0. The second-order valence-electron chi connectivity index (χ2n) is 7.95. The van der Waals surface area contributed by atoms with Crippen molar-refractivity contribution >= 4 is 22.6 Å². The molecule has 0 fully saturated rings. The van der Waals surface area contributed by atoms with Gasteiger partial charge in [-0.05, 0) is 55.8 Å². The van der Waals surface area contributed by atoms with Gasteiger partial charge in [-0.2, -0.15) is 0 Å². The number of hydrogen-bond donors (Lipinski definition) is 1. The predicted molar refractivity (Wildman–Crippen MR) is 125 cm³/mol. The van der Waals surface area contributed by atoms with Crippen molar-refractivity contribution in [3.8, 4) is 11.5 Å². The number of nitrogens with one attached hydrogen (secondary N) is 1. The third kappa shape index (κ3) is 4.20. The monoisotopic (exact) mass is 438 g/mol. The van der Waals surface area contributed by atoms with Crippen LogP contribution in [-0.4, -0.2) is 40.2 Å². The van der Waals surface area contributed by atoms with Gasteiger partial charge in [0.2, 0.25) is 0 Å². The lowest BCUT2D eigenvalue weighted by Crippen LogP contribution is -2.15. The molecular formula is C24H22N8O. The minimum Gasteiger partial charge on any atom is -0.343 e. The van der Waals surface area contributed by atoms with Gasteiger partial charge in [-0.3, -0.25) is 14.8 Å². The van der Waals surface area contributed by atoms with Gasteiger partial charge in [0, 0.05) is 42.8 Å². The molecule has 0 radical (unpaired) electrons. The molecule has 0 atom stereocenters. The Kier molecular flexibility index (Phi) is 5.35. The Morgan fingerprint density at radius 1 is 1.12 bits per heavy atom. The standard InChI is InChI=1S/C24H22N8O/c1-16(2)32-15-27-30-23(32)19-4-3-5-22(28-19)29-24(33)20-12-21-18(13-26-20)8-11-31(21)14-17-6-9-25-10-7-17/h3-13,15-16H,14H2,1-2H3,(H,28,29,33). The van der Waals surface area contributed by atoms with E-state index in [1.165, 1.54) is 0 Å². The van der Waals surface area contributed by atoms with E-state index in [0.717, 1.165) is 16.5 Å². The van der Waals surface area contributed by atoms with Crippen LogP contribution < -0.4 is 5.32 Å². The van der Waals surface area contributed by atoms with Crippen LogP contribution >= 0.6 is 0 Å². The fourth-order valence-corrected chi connectivity index (χ4v) is 3.64. The molecule has 1 amide bonds. The zero-order valence-corrected chi connectivity index (χ0v) is 18.3. The van der Waals surface area contributed by atoms with Gasteiger partial charge < -0.3 is 14.5 Å². The van der Waals surface area contributed by atoms with Crippen LogP contribution in [0.15, 0.2) is 73.6 Å². The van der Waals surface area contributed by atoms with Crippen LogP contribution in [-0.2, 0) is 6.54 Å². The molecule has 0 unspecified atom stereocenters. The average molecular weight is 438 g/mol. The van der Waals surface area contributed by atoms with E-state index in [1.54, 1.807) is 37.1 Å². The summed E-state index contributed by atoms with van der Waals surface area (Å²) in [5.41, 5.74) is 3.00. The lowest BCUT2D eigenvalue weighted by Gasteiger charge is -2.11. The Morgan fingerprint density at radius 3 is 2.79 bits per heavy atom. The van der Waals surface area contributed by atoms with E-state index in [-0.39, 0.29) is 11.9 Å². The summed E-state index contributed by atoms with van der Waals surface area (Å²) < 4.78 is 4.01. The molecule has 164 valence electrons. The van der Waals surface area contributed by atoms with Gasteiger partial charge in [0.05, 0.1) is 5.52 Å². The number of anilines is 1. The first kappa shape index (κ1) is 20.5. The minimum absolute atomic E-state index is 0.189. The average Bonchev–Trinajstić information content (AvgIpc) is 3.47. The lowest BCUT2D eigenvalue weighted by atomic mass is 10.2. The Hall–Kier alpha value is -4.40. The molecule has 0 spiro atoms. The molecule has 5 aromatic heterocycles. The van der Waals surface area contributed by atoms with Gasteiger partial charge in [0.15, 0.2) is 5.82 Å². The fraction of sp³-hybridized carbons (Fsp3) is 0.167. The van der Waals surface area contributed by atoms with Crippen LogP contribution in [0.4, 0.5) is 5.82 Å². The summed E-state index contributed by atoms with van der Waals surface area (Å²) in [6.07, 6.45) is 8.91. The quantitative estimate of drug-likeness (QED) is 0.430. The summed E-state index contributed by atoms with van der Waals surface area (Å²) in [6, 6.07) is 13.3. The molecule has 1 N–H and O–H groups in total. The van der Waals surface area contributed by atoms with E-state index < -0.39 is 0 Å². The van der Waals surface area contributed by atoms with Crippen molar-refractivity contribution in [2.45, 2.75) is 26.4 Å². The molecule has 5 heterocycles. The SMILES string of the molecule is CC(C)n1cnnc1-c1cccc(NC(=O)c2cc3c(ccn3Cc3ccncc3)cn2)n1. The van der Waals surface area contributed by atoms with Gasteiger partial charge >= 0.3 is 0 Å². The van der Waals surface area contributed by atoms with E-state index in [9.17, 15) is 4.79 Å².